The summed E-state index contributed by atoms with van der Waals surface area (Å²) in [5.74, 6) is 0.895. The van der Waals surface area contributed by atoms with E-state index in [1.54, 1.807) is 0 Å². The Morgan fingerprint density at radius 3 is 2.08 bits per heavy atom. The molecule has 1 rings (SSSR count). The molecule has 13 heavy (non-hydrogen) atoms. The highest BCUT2D eigenvalue weighted by Gasteiger charge is 2.23. The Balaban J connectivity index is 2.19. The molecule has 0 aliphatic heterocycles. The monoisotopic (exact) mass is 201 g/mol. The second-order valence-electron chi connectivity index (χ2n) is 3.59. The Bertz CT molecular complexity index is 118. The molecule has 0 heterocycles. The van der Waals surface area contributed by atoms with E-state index in [9.17, 15) is 0 Å². The fraction of sp³-hybridized carbons (Fsp3) is 1.00. The highest BCUT2D eigenvalue weighted by molar-refractivity contribution is 6.44. The molecule has 2 nitrogen and oxygen atoms in total. The zero-order valence-corrected chi connectivity index (χ0v) is 9.84. The molecule has 1 fully saturated rings. The molecule has 0 atom stereocenters. The second kappa shape index (κ2) is 6.57. The van der Waals surface area contributed by atoms with Crippen LogP contribution in [0, 0.1) is 5.92 Å². The molecule has 0 spiro atoms. The van der Waals surface area contributed by atoms with E-state index in [-0.39, 0.29) is 0 Å². The van der Waals surface area contributed by atoms with Gasteiger partial charge in [0.05, 0.1) is 0 Å². The highest BCUT2D eigenvalue weighted by atomic mass is 28.3. The predicted molar refractivity (Wildman–Crippen MR) is 55.8 cm³/mol. The average molecular weight is 201 g/mol. The molecular formula is C10H21O2Si. The van der Waals surface area contributed by atoms with Crippen LogP contribution < -0.4 is 0 Å². The lowest BCUT2D eigenvalue weighted by molar-refractivity contribution is 0.208. The maximum Gasteiger partial charge on any atom is 0.384 e. The van der Waals surface area contributed by atoms with Gasteiger partial charge in [-0.15, -0.1) is 0 Å². The van der Waals surface area contributed by atoms with E-state index >= 15 is 0 Å². The molecular weight excluding hydrogens is 180 g/mol. The molecule has 0 N–H and O–H groups in total. The van der Waals surface area contributed by atoms with Crippen LogP contribution in [0.5, 0.6) is 0 Å². The minimum Gasteiger partial charge on any atom is -0.394 e. The van der Waals surface area contributed by atoms with E-state index in [1.165, 1.54) is 31.7 Å². The highest BCUT2D eigenvalue weighted by Crippen LogP contribution is 2.29. The minimum absolute atomic E-state index is 0.807. The summed E-state index contributed by atoms with van der Waals surface area (Å²) in [5, 5.41) is 0. The van der Waals surface area contributed by atoms with Crippen LogP contribution in [0.3, 0.4) is 0 Å². The SMILES string of the molecule is CCO[Si](CC1CCCC1)OCC. The first-order valence-electron chi connectivity index (χ1n) is 5.48. The molecule has 1 saturated carbocycles. The van der Waals surface area contributed by atoms with Gasteiger partial charge < -0.3 is 8.85 Å². The van der Waals surface area contributed by atoms with Crippen LogP contribution in [0.15, 0.2) is 0 Å². The largest absolute Gasteiger partial charge is 0.394 e. The summed E-state index contributed by atoms with van der Waals surface area (Å²) in [7, 11) is -0.929. The summed E-state index contributed by atoms with van der Waals surface area (Å²) in [6.07, 6.45) is 5.62. The van der Waals surface area contributed by atoms with Crippen molar-refractivity contribution in [3.05, 3.63) is 0 Å². The second-order valence-corrected chi connectivity index (χ2v) is 5.32. The molecule has 0 amide bonds. The molecule has 1 aliphatic rings. The molecule has 0 aromatic rings. The zero-order chi connectivity index (χ0) is 9.52. The maximum atomic E-state index is 5.62. The van der Waals surface area contributed by atoms with Gasteiger partial charge in [0, 0.05) is 13.2 Å². The van der Waals surface area contributed by atoms with E-state index in [2.05, 4.69) is 13.8 Å². The van der Waals surface area contributed by atoms with Gasteiger partial charge in [0.2, 0.25) is 0 Å². The van der Waals surface area contributed by atoms with Crippen LogP contribution in [0.4, 0.5) is 0 Å². The van der Waals surface area contributed by atoms with Gasteiger partial charge in [0.1, 0.15) is 0 Å². The first kappa shape index (κ1) is 11.2. The lowest BCUT2D eigenvalue weighted by atomic mass is 10.1. The summed E-state index contributed by atoms with van der Waals surface area (Å²) in [4.78, 5) is 0. The van der Waals surface area contributed by atoms with E-state index < -0.39 is 9.28 Å². The Hall–Kier alpha value is 0.137. The van der Waals surface area contributed by atoms with Crippen LogP contribution in [0.2, 0.25) is 6.04 Å². The van der Waals surface area contributed by atoms with Crippen molar-refractivity contribution in [1.82, 2.24) is 0 Å². The smallest absolute Gasteiger partial charge is 0.384 e. The Labute approximate surface area is 83.5 Å². The topological polar surface area (TPSA) is 18.5 Å². The van der Waals surface area contributed by atoms with E-state index in [0.717, 1.165) is 19.1 Å². The summed E-state index contributed by atoms with van der Waals surface area (Å²) in [5.41, 5.74) is 0. The summed E-state index contributed by atoms with van der Waals surface area (Å²) >= 11 is 0. The molecule has 0 bridgehead atoms. The quantitative estimate of drug-likeness (QED) is 0.615. The van der Waals surface area contributed by atoms with Crippen LogP contribution in [-0.4, -0.2) is 22.5 Å². The average Bonchev–Trinajstić information content (AvgIpc) is 2.58. The summed E-state index contributed by atoms with van der Waals surface area (Å²) < 4.78 is 11.2. The van der Waals surface area contributed by atoms with Crippen molar-refractivity contribution in [2.45, 2.75) is 45.6 Å². The van der Waals surface area contributed by atoms with Crippen molar-refractivity contribution in [3.8, 4) is 0 Å². The Kier molecular flexibility index (Phi) is 5.67. The minimum atomic E-state index is -0.929. The molecule has 3 heteroatoms. The van der Waals surface area contributed by atoms with E-state index in [0.29, 0.717) is 0 Å². The van der Waals surface area contributed by atoms with E-state index in [4.69, 9.17) is 8.85 Å². The van der Waals surface area contributed by atoms with Crippen molar-refractivity contribution < 1.29 is 8.85 Å². The third kappa shape index (κ3) is 4.25. The van der Waals surface area contributed by atoms with Crippen molar-refractivity contribution >= 4 is 9.28 Å². The molecule has 1 radical (unpaired) electrons. The molecule has 1 aliphatic carbocycles. The van der Waals surface area contributed by atoms with Crippen molar-refractivity contribution in [2.24, 2.45) is 5.92 Å². The van der Waals surface area contributed by atoms with Crippen LogP contribution in [0.1, 0.15) is 39.5 Å². The fourth-order valence-corrected chi connectivity index (χ4v) is 3.77. The first-order chi connectivity index (χ1) is 6.36. The van der Waals surface area contributed by atoms with Gasteiger partial charge in [-0.25, -0.2) is 0 Å². The standard InChI is InChI=1S/C10H21O2Si/c1-3-11-13(12-4-2)9-10-7-5-6-8-10/h10H,3-9H2,1-2H3. The Morgan fingerprint density at radius 1 is 1.08 bits per heavy atom. The number of rotatable bonds is 6. The molecule has 0 aromatic carbocycles. The maximum absolute atomic E-state index is 5.62. The number of hydrogen-bond donors (Lipinski definition) is 0. The van der Waals surface area contributed by atoms with Gasteiger partial charge in [0.25, 0.3) is 0 Å². The third-order valence-corrected chi connectivity index (χ3v) is 4.67. The van der Waals surface area contributed by atoms with Crippen molar-refractivity contribution in [3.63, 3.8) is 0 Å². The lowest BCUT2D eigenvalue weighted by Gasteiger charge is -2.16. The van der Waals surface area contributed by atoms with E-state index in [1.807, 2.05) is 0 Å². The fourth-order valence-electron chi connectivity index (χ4n) is 1.93. The van der Waals surface area contributed by atoms with Crippen molar-refractivity contribution in [2.75, 3.05) is 13.2 Å². The summed E-state index contributed by atoms with van der Waals surface area (Å²) in [6.45, 7) is 5.72. The van der Waals surface area contributed by atoms with Gasteiger partial charge in [0.15, 0.2) is 0 Å². The van der Waals surface area contributed by atoms with Crippen molar-refractivity contribution in [1.29, 1.82) is 0 Å². The predicted octanol–water partition coefficient (Wildman–Crippen LogP) is 2.74. The first-order valence-corrected chi connectivity index (χ1v) is 7.00. The third-order valence-electron chi connectivity index (χ3n) is 2.54. The molecule has 0 saturated heterocycles. The van der Waals surface area contributed by atoms with Crippen LogP contribution in [0.25, 0.3) is 0 Å². The molecule has 77 valence electrons. The Morgan fingerprint density at radius 2 is 1.62 bits per heavy atom. The zero-order valence-electron chi connectivity index (χ0n) is 8.84. The molecule has 0 aromatic heterocycles. The number of hydrogen-bond acceptors (Lipinski definition) is 2. The lowest BCUT2D eigenvalue weighted by Crippen LogP contribution is -2.25. The molecule has 0 unspecified atom stereocenters. The van der Waals surface area contributed by atoms with Gasteiger partial charge >= 0.3 is 9.28 Å². The van der Waals surface area contributed by atoms with Gasteiger partial charge in [-0.3, -0.25) is 0 Å². The van der Waals surface area contributed by atoms with Gasteiger partial charge in [-0.05, 0) is 25.8 Å². The normalized spacial score (nSPS) is 18.7. The van der Waals surface area contributed by atoms with Crippen LogP contribution in [-0.2, 0) is 8.85 Å². The van der Waals surface area contributed by atoms with Gasteiger partial charge in [-0.1, -0.05) is 25.7 Å². The van der Waals surface area contributed by atoms with Gasteiger partial charge in [-0.2, -0.15) is 0 Å². The summed E-state index contributed by atoms with van der Waals surface area (Å²) in [6, 6.07) is 1.20. The van der Waals surface area contributed by atoms with Crippen LogP contribution >= 0.6 is 0 Å².